The smallest absolute Gasteiger partial charge is 0.160 e. The number of furan rings is 1. The zero-order chi connectivity index (χ0) is 37.3. The molecular weight excluding hydrogens is 683 g/mol. The largest absolute Gasteiger partial charge is 0.456 e. The van der Waals surface area contributed by atoms with E-state index in [9.17, 15) is 0 Å². The lowest BCUT2D eigenvalue weighted by Gasteiger charge is -2.26. The molecule has 0 atom stereocenters. The summed E-state index contributed by atoms with van der Waals surface area (Å²) < 4.78 is 6.67. The SMILES string of the molecule is c1ccc(-c2ccc(-c3nc(-c4ccccc4)cc(-c4ccc5c(c4)oc4cccc(N(c6ccccc6)c6ccc(-c7ccccc7)cc6)c45)n3)cc2)cc1. The number of rotatable bonds is 8. The second-order valence-electron chi connectivity index (χ2n) is 13.8. The number of benzene rings is 8. The number of hydrogen-bond donors (Lipinski definition) is 0. The number of fused-ring (bicyclic) bond motifs is 3. The monoisotopic (exact) mass is 717 g/mol. The Hall–Kier alpha value is -7.56. The Morgan fingerprint density at radius 3 is 1.45 bits per heavy atom. The maximum Gasteiger partial charge on any atom is 0.160 e. The molecule has 0 aliphatic carbocycles. The van der Waals surface area contributed by atoms with E-state index in [0.29, 0.717) is 5.82 Å². The van der Waals surface area contributed by atoms with Gasteiger partial charge in [0.1, 0.15) is 11.2 Å². The highest BCUT2D eigenvalue weighted by molar-refractivity contribution is 6.14. The van der Waals surface area contributed by atoms with E-state index in [1.807, 2.05) is 30.3 Å². The van der Waals surface area contributed by atoms with Gasteiger partial charge < -0.3 is 9.32 Å². The summed E-state index contributed by atoms with van der Waals surface area (Å²) in [7, 11) is 0. The van der Waals surface area contributed by atoms with Crippen molar-refractivity contribution in [1.29, 1.82) is 0 Å². The van der Waals surface area contributed by atoms with Gasteiger partial charge in [-0.25, -0.2) is 9.97 Å². The molecule has 0 N–H and O–H groups in total. The van der Waals surface area contributed by atoms with Gasteiger partial charge in [0.25, 0.3) is 0 Å². The fraction of sp³-hybridized carbons (Fsp3) is 0. The molecule has 2 heterocycles. The van der Waals surface area contributed by atoms with Gasteiger partial charge in [-0.1, -0.05) is 158 Å². The minimum Gasteiger partial charge on any atom is -0.456 e. The van der Waals surface area contributed by atoms with Crippen LogP contribution < -0.4 is 4.90 Å². The summed E-state index contributed by atoms with van der Waals surface area (Å²) in [5.74, 6) is 0.671. The Bertz CT molecular complexity index is 2920. The zero-order valence-corrected chi connectivity index (χ0v) is 30.5. The molecule has 0 radical (unpaired) electrons. The van der Waals surface area contributed by atoms with Crippen molar-refractivity contribution in [2.24, 2.45) is 0 Å². The number of aromatic nitrogens is 2. The standard InChI is InChI=1S/C52H35N3O/c1-5-14-36(15-6-1)38-24-26-41(27-25-38)52-53-46(40-18-9-3-10-19-40)35-47(54-52)42-30-33-45-50(34-42)56-49-23-13-22-48(51(45)49)55(43-20-11-4-12-21-43)44-31-28-39(29-32-44)37-16-7-2-8-17-37/h1-35H. The van der Waals surface area contributed by atoms with Gasteiger partial charge in [-0.3, -0.25) is 0 Å². The lowest BCUT2D eigenvalue weighted by Crippen LogP contribution is -2.10. The van der Waals surface area contributed by atoms with Gasteiger partial charge in [-0.2, -0.15) is 0 Å². The van der Waals surface area contributed by atoms with Crippen molar-refractivity contribution in [3.8, 4) is 56.2 Å². The van der Waals surface area contributed by atoms with Crippen molar-refractivity contribution < 1.29 is 4.42 Å². The Morgan fingerprint density at radius 1 is 0.339 bits per heavy atom. The van der Waals surface area contributed by atoms with Crippen molar-refractivity contribution in [3.63, 3.8) is 0 Å². The maximum absolute atomic E-state index is 6.67. The molecule has 0 spiro atoms. The summed E-state index contributed by atoms with van der Waals surface area (Å²) >= 11 is 0. The number of anilines is 3. The molecule has 8 aromatic carbocycles. The molecule has 0 saturated carbocycles. The zero-order valence-electron chi connectivity index (χ0n) is 30.5. The Labute approximate surface area is 325 Å². The molecule has 0 saturated heterocycles. The molecule has 4 heteroatoms. The van der Waals surface area contributed by atoms with Crippen molar-refractivity contribution in [3.05, 3.63) is 212 Å². The number of nitrogens with zero attached hydrogens (tertiary/aromatic N) is 3. The van der Waals surface area contributed by atoms with Crippen LogP contribution in [-0.2, 0) is 0 Å². The van der Waals surface area contributed by atoms with Gasteiger partial charge in [-0.05, 0) is 76.9 Å². The average Bonchev–Trinajstić information content (AvgIpc) is 3.67. The van der Waals surface area contributed by atoms with E-state index in [-0.39, 0.29) is 0 Å². The molecule has 0 aliphatic heterocycles. The van der Waals surface area contributed by atoms with E-state index in [1.165, 1.54) is 16.7 Å². The third-order valence-corrected chi connectivity index (χ3v) is 10.3. The molecule has 264 valence electrons. The van der Waals surface area contributed by atoms with E-state index in [2.05, 4.69) is 187 Å². The predicted octanol–water partition coefficient (Wildman–Crippen LogP) is 14.2. The van der Waals surface area contributed by atoms with Crippen molar-refractivity contribution in [2.45, 2.75) is 0 Å². The third kappa shape index (κ3) is 6.29. The van der Waals surface area contributed by atoms with Crippen LogP contribution in [0.1, 0.15) is 0 Å². The lowest BCUT2D eigenvalue weighted by molar-refractivity contribution is 0.669. The molecule has 0 fully saturated rings. The Kier molecular flexibility index (Phi) is 8.47. The van der Waals surface area contributed by atoms with E-state index < -0.39 is 0 Å². The maximum atomic E-state index is 6.67. The summed E-state index contributed by atoms with van der Waals surface area (Å²) in [6.45, 7) is 0. The molecule has 0 bridgehead atoms. The van der Waals surface area contributed by atoms with Gasteiger partial charge in [0.05, 0.1) is 22.5 Å². The van der Waals surface area contributed by atoms with Crippen LogP contribution in [0.25, 0.3) is 78.1 Å². The van der Waals surface area contributed by atoms with Gasteiger partial charge >= 0.3 is 0 Å². The van der Waals surface area contributed by atoms with Crippen LogP contribution in [0.4, 0.5) is 17.1 Å². The normalized spacial score (nSPS) is 11.2. The summed E-state index contributed by atoms with van der Waals surface area (Å²) in [6.07, 6.45) is 0. The fourth-order valence-corrected chi connectivity index (χ4v) is 7.51. The van der Waals surface area contributed by atoms with Gasteiger partial charge in [0.15, 0.2) is 5.82 Å². The molecule has 0 amide bonds. The third-order valence-electron chi connectivity index (χ3n) is 10.3. The minimum absolute atomic E-state index is 0.671. The van der Waals surface area contributed by atoms with Crippen LogP contribution in [0, 0.1) is 0 Å². The molecule has 0 unspecified atom stereocenters. The molecule has 56 heavy (non-hydrogen) atoms. The van der Waals surface area contributed by atoms with E-state index in [0.717, 1.165) is 72.6 Å². The first-order chi connectivity index (χ1) is 27.7. The van der Waals surface area contributed by atoms with Crippen LogP contribution >= 0.6 is 0 Å². The number of hydrogen-bond acceptors (Lipinski definition) is 4. The molecule has 0 aliphatic rings. The molecular formula is C52H35N3O. The number of para-hydroxylation sites is 1. The lowest BCUT2D eigenvalue weighted by atomic mass is 10.0. The molecule has 10 rings (SSSR count). The van der Waals surface area contributed by atoms with Crippen LogP contribution in [0.5, 0.6) is 0 Å². The second-order valence-corrected chi connectivity index (χ2v) is 13.8. The summed E-state index contributed by atoms with van der Waals surface area (Å²) in [5, 5.41) is 2.09. The fourth-order valence-electron chi connectivity index (χ4n) is 7.51. The highest BCUT2D eigenvalue weighted by Gasteiger charge is 2.20. The molecule has 10 aromatic rings. The van der Waals surface area contributed by atoms with Crippen LogP contribution in [0.3, 0.4) is 0 Å². The average molecular weight is 718 g/mol. The first kappa shape index (κ1) is 33.0. The summed E-state index contributed by atoms with van der Waals surface area (Å²) in [5.41, 5.74) is 14.1. The first-order valence-corrected chi connectivity index (χ1v) is 18.8. The molecule has 4 nitrogen and oxygen atoms in total. The highest BCUT2D eigenvalue weighted by atomic mass is 16.3. The predicted molar refractivity (Wildman–Crippen MR) is 231 cm³/mol. The second kappa shape index (κ2) is 14.3. The summed E-state index contributed by atoms with van der Waals surface area (Å²) in [4.78, 5) is 12.5. The van der Waals surface area contributed by atoms with Crippen molar-refractivity contribution in [2.75, 3.05) is 4.90 Å². The van der Waals surface area contributed by atoms with Crippen LogP contribution in [0.2, 0.25) is 0 Å². The van der Waals surface area contributed by atoms with E-state index in [4.69, 9.17) is 14.4 Å². The van der Waals surface area contributed by atoms with E-state index in [1.54, 1.807) is 0 Å². The van der Waals surface area contributed by atoms with Gasteiger partial charge in [-0.15, -0.1) is 0 Å². The van der Waals surface area contributed by atoms with Crippen LogP contribution in [-0.4, -0.2) is 9.97 Å². The van der Waals surface area contributed by atoms with Crippen LogP contribution in [0.15, 0.2) is 217 Å². The van der Waals surface area contributed by atoms with Crippen molar-refractivity contribution >= 4 is 39.0 Å². The highest BCUT2D eigenvalue weighted by Crippen LogP contribution is 2.44. The molecule has 2 aromatic heterocycles. The quantitative estimate of drug-likeness (QED) is 0.157. The first-order valence-electron chi connectivity index (χ1n) is 18.8. The topological polar surface area (TPSA) is 42.2 Å². The van der Waals surface area contributed by atoms with Gasteiger partial charge in [0.2, 0.25) is 0 Å². The summed E-state index contributed by atoms with van der Waals surface area (Å²) in [6, 6.07) is 73.7. The van der Waals surface area contributed by atoms with E-state index >= 15 is 0 Å². The van der Waals surface area contributed by atoms with Gasteiger partial charge in [0, 0.05) is 33.5 Å². The Balaban J connectivity index is 1.08. The Morgan fingerprint density at radius 2 is 0.821 bits per heavy atom. The minimum atomic E-state index is 0.671. The van der Waals surface area contributed by atoms with Crippen molar-refractivity contribution in [1.82, 2.24) is 9.97 Å².